The lowest BCUT2D eigenvalue weighted by Crippen LogP contribution is -1.95. The predicted molar refractivity (Wildman–Crippen MR) is 55.2 cm³/mol. The summed E-state index contributed by atoms with van der Waals surface area (Å²) in [5.74, 6) is 6.62. The third kappa shape index (κ3) is 2.68. The molecule has 14 heavy (non-hydrogen) atoms. The van der Waals surface area contributed by atoms with Gasteiger partial charge in [0.1, 0.15) is 11.5 Å². The smallest absolute Gasteiger partial charge is 0.134 e. The number of phenolic OH excluding ortho intramolecular Hbond substituents is 1. The largest absolute Gasteiger partial charge is 0.508 e. The van der Waals surface area contributed by atoms with E-state index in [9.17, 15) is 5.11 Å². The average molecular weight is 191 g/mol. The van der Waals surface area contributed by atoms with Gasteiger partial charge in [-0.2, -0.15) is 0 Å². The number of phenols is 1. The Morgan fingerprint density at radius 1 is 1.50 bits per heavy atom. The Hall–Kier alpha value is -1.66. The van der Waals surface area contributed by atoms with Crippen LogP contribution in [0.4, 0.5) is 0 Å². The standard InChI is InChI=1S/C11H13NO2/c1-14-11-6-5-10(13)8-9(11)4-2-3-7-12/h5-6,8,13H,3,7,12H2,1H3. The Kier molecular flexibility index (Phi) is 3.84. The van der Waals surface area contributed by atoms with E-state index in [4.69, 9.17) is 10.5 Å². The summed E-state index contributed by atoms with van der Waals surface area (Å²) in [6.07, 6.45) is 0.638. The van der Waals surface area contributed by atoms with Crippen molar-refractivity contribution < 1.29 is 9.84 Å². The van der Waals surface area contributed by atoms with Crippen LogP contribution < -0.4 is 10.5 Å². The van der Waals surface area contributed by atoms with Crippen molar-refractivity contribution in [2.45, 2.75) is 6.42 Å². The van der Waals surface area contributed by atoms with Crippen LogP contribution in [0.3, 0.4) is 0 Å². The third-order valence-corrected chi connectivity index (χ3v) is 1.68. The van der Waals surface area contributed by atoms with Gasteiger partial charge in [0.25, 0.3) is 0 Å². The van der Waals surface area contributed by atoms with E-state index in [0.29, 0.717) is 24.3 Å². The lowest BCUT2D eigenvalue weighted by molar-refractivity contribution is 0.411. The number of benzene rings is 1. The van der Waals surface area contributed by atoms with Crippen LogP contribution in [-0.4, -0.2) is 18.8 Å². The van der Waals surface area contributed by atoms with Crippen LogP contribution in [0.1, 0.15) is 12.0 Å². The molecule has 1 aromatic rings. The first-order valence-corrected chi connectivity index (χ1v) is 4.34. The van der Waals surface area contributed by atoms with Crippen LogP contribution in [0.2, 0.25) is 0 Å². The average Bonchev–Trinajstić information content (AvgIpc) is 2.19. The maximum absolute atomic E-state index is 9.24. The Labute approximate surface area is 83.5 Å². The minimum Gasteiger partial charge on any atom is -0.508 e. The van der Waals surface area contributed by atoms with Crippen LogP contribution in [0, 0.1) is 11.8 Å². The van der Waals surface area contributed by atoms with Gasteiger partial charge in [0.05, 0.1) is 12.7 Å². The second-order valence-electron chi connectivity index (χ2n) is 2.73. The number of hydrogen-bond donors (Lipinski definition) is 2. The van der Waals surface area contributed by atoms with E-state index in [1.807, 2.05) is 0 Å². The van der Waals surface area contributed by atoms with Gasteiger partial charge in [0.2, 0.25) is 0 Å². The fraction of sp³-hybridized carbons (Fsp3) is 0.273. The van der Waals surface area contributed by atoms with Gasteiger partial charge in [-0.1, -0.05) is 11.8 Å². The summed E-state index contributed by atoms with van der Waals surface area (Å²) < 4.78 is 5.09. The summed E-state index contributed by atoms with van der Waals surface area (Å²) in [5, 5.41) is 9.24. The van der Waals surface area contributed by atoms with E-state index in [-0.39, 0.29) is 5.75 Å². The number of aromatic hydroxyl groups is 1. The van der Waals surface area contributed by atoms with E-state index in [2.05, 4.69) is 11.8 Å². The molecule has 0 unspecified atom stereocenters. The fourth-order valence-corrected chi connectivity index (χ4v) is 1.02. The molecule has 0 amide bonds. The van der Waals surface area contributed by atoms with Crippen LogP contribution in [0.5, 0.6) is 11.5 Å². The monoisotopic (exact) mass is 191 g/mol. The summed E-state index contributed by atoms with van der Waals surface area (Å²) >= 11 is 0. The molecule has 0 aromatic heterocycles. The number of ether oxygens (including phenoxy) is 1. The van der Waals surface area contributed by atoms with E-state index < -0.39 is 0 Å². The highest BCUT2D eigenvalue weighted by molar-refractivity contribution is 5.49. The molecule has 74 valence electrons. The SMILES string of the molecule is COc1ccc(O)cc1C#CCCN. The molecule has 0 spiro atoms. The van der Waals surface area contributed by atoms with Gasteiger partial charge < -0.3 is 15.6 Å². The lowest BCUT2D eigenvalue weighted by Gasteiger charge is -2.02. The van der Waals surface area contributed by atoms with Crippen molar-refractivity contribution >= 4 is 0 Å². The molecule has 1 aromatic carbocycles. The van der Waals surface area contributed by atoms with Crippen molar-refractivity contribution in [2.24, 2.45) is 5.73 Å². The third-order valence-electron chi connectivity index (χ3n) is 1.68. The molecule has 0 fully saturated rings. The summed E-state index contributed by atoms with van der Waals surface area (Å²) in [6, 6.07) is 4.82. The molecular weight excluding hydrogens is 178 g/mol. The zero-order valence-corrected chi connectivity index (χ0v) is 8.08. The van der Waals surface area contributed by atoms with Crippen molar-refractivity contribution in [2.75, 3.05) is 13.7 Å². The number of rotatable bonds is 2. The van der Waals surface area contributed by atoms with E-state index in [1.54, 1.807) is 25.3 Å². The van der Waals surface area contributed by atoms with E-state index in [1.165, 1.54) is 0 Å². The number of hydrogen-bond acceptors (Lipinski definition) is 3. The van der Waals surface area contributed by atoms with Crippen molar-refractivity contribution in [1.82, 2.24) is 0 Å². The zero-order valence-electron chi connectivity index (χ0n) is 8.08. The van der Waals surface area contributed by atoms with Gasteiger partial charge >= 0.3 is 0 Å². The Bertz CT molecular complexity index is 363. The van der Waals surface area contributed by atoms with Crippen molar-refractivity contribution in [3.8, 4) is 23.3 Å². The minimum atomic E-state index is 0.183. The van der Waals surface area contributed by atoms with Gasteiger partial charge in [0.15, 0.2) is 0 Å². The van der Waals surface area contributed by atoms with Gasteiger partial charge in [0, 0.05) is 13.0 Å². The summed E-state index contributed by atoms with van der Waals surface area (Å²) in [4.78, 5) is 0. The first-order chi connectivity index (χ1) is 6.77. The second-order valence-corrected chi connectivity index (χ2v) is 2.73. The first kappa shape index (κ1) is 10.4. The van der Waals surface area contributed by atoms with Gasteiger partial charge in [-0.05, 0) is 18.2 Å². The predicted octanol–water partition coefficient (Wildman–Crippen LogP) is 1.10. The van der Waals surface area contributed by atoms with Crippen LogP contribution in [0.25, 0.3) is 0 Å². The van der Waals surface area contributed by atoms with Crippen LogP contribution in [-0.2, 0) is 0 Å². The van der Waals surface area contributed by atoms with Crippen molar-refractivity contribution in [1.29, 1.82) is 0 Å². The molecule has 0 saturated carbocycles. The summed E-state index contributed by atoms with van der Waals surface area (Å²) in [7, 11) is 1.57. The maximum atomic E-state index is 9.24. The first-order valence-electron chi connectivity index (χ1n) is 4.34. The molecule has 3 nitrogen and oxygen atoms in total. The molecule has 3 heteroatoms. The topological polar surface area (TPSA) is 55.5 Å². The Morgan fingerprint density at radius 3 is 2.93 bits per heavy atom. The number of methoxy groups -OCH3 is 1. The molecular formula is C11H13NO2. The van der Waals surface area contributed by atoms with Crippen molar-refractivity contribution in [3.63, 3.8) is 0 Å². The molecule has 0 aliphatic carbocycles. The number of nitrogens with two attached hydrogens (primary N) is 1. The zero-order chi connectivity index (χ0) is 10.4. The minimum absolute atomic E-state index is 0.183. The van der Waals surface area contributed by atoms with E-state index in [0.717, 1.165) is 0 Å². The van der Waals surface area contributed by atoms with Gasteiger partial charge in [-0.25, -0.2) is 0 Å². The molecule has 1 rings (SSSR count). The fourth-order valence-electron chi connectivity index (χ4n) is 1.02. The molecule has 3 N–H and O–H groups in total. The molecule has 0 saturated heterocycles. The Balaban J connectivity index is 2.94. The highest BCUT2D eigenvalue weighted by atomic mass is 16.5. The van der Waals surface area contributed by atoms with Crippen LogP contribution >= 0.6 is 0 Å². The highest BCUT2D eigenvalue weighted by Gasteiger charge is 1.99. The quantitative estimate of drug-likeness (QED) is 0.688. The highest BCUT2D eigenvalue weighted by Crippen LogP contribution is 2.21. The van der Waals surface area contributed by atoms with Crippen molar-refractivity contribution in [3.05, 3.63) is 23.8 Å². The molecule has 0 radical (unpaired) electrons. The lowest BCUT2D eigenvalue weighted by atomic mass is 10.2. The van der Waals surface area contributed by atoms with Gasteiger partial charge in [-0.15, -0.1) is 0 Å². The molecule has 0 bridgehead atoms. The molecule has 0 aliphatic rings. The molecule has 0 heterocycles. The Morgan fingerprint density at radius 2 is 2.29 bits per heavy atom. The van der Waals surface area contributed by atoms with Gasteiger partial charge in [-0.3, -0.25) is 0 Å². The molecule has 0 aliphatic heterocycles. The molecule has 0 atom stereocenters. The second kappa shape index (κ2) is 5.15. The summed E-state index contributed by atoms with van der Waals surface area (Å²) in [6.45, 7) is 0.536. The normalized spacial score (nSPS) is 9.00. The maximum Gasteiger partial charge on any atom is 0.134 e. The summed E-state index contributed by atoms with van der Waals surface area (Å²) in [5.41, 5.74) is 5.99. The van der Waals surface area contributed by atoms with E-state index >= 15 is 0 Å². The van der Waals surface area contributed by atoms with Crippen LogP contribution in [0.15, 0.2) is 18.2 Å².